The van der Waals surface area contributed by atoms with Crippen LogP contribution in [0.3, 0.4) is 0 Å². The highest BCUT2D eigenvalue weighted by Crippen LogP contribution is 2.22. The van der Waals surface area contributed by atoms with Crippen molar-refractivity contribution in [2.75, 3.05) is 0 Å². The monoisotopic (exact) mass is 278 g/mol. The summed E-state index contributed by atoms with van der Waals surface area (Å²) in [6.07, 6.45) is 0. The highest BCUT2D eigenvalue weighted by atomic mass is 16.5. The van der Waals surface area contributed by atoms with E-state index in [1.165, 1.54) is 0 Å². The fourth-order valence-corrected chi connectivity index (χ4v) is 2.05. The Morgan fingerprint density at radius 2 is 1.52 bits per heavy atom. The fourth-order valence-electron chi connectivity index (χ4n) is 2.05. The van der Waals surface area contributed by atoms with Gasteiger partial charge < -0.3 is 9.15 Å². The molecule has 0 atom stereocenters. The number of esters is 1. The number of benzene rings is 2. The van der Waals surface area contributed by atoms with Crippen LogP contribution in [-0.4, -0.2) is 5.97 Å². The van der Waals surface area contributed by atoms with Crippen molar-refractivity contribution in [2.24, 2.45) is 0 Å². The van der Waals surface area contributed by atoms with Crippen LogP contribution < -0.4 is 4.74 Å². The van der Waals surface area contributed by atoms with Crippen LogP contribution in [0.25, 0.3) is 11.1 Å². The van der Waals surface area contributed by atoms with Crippen LogP contribution in [0.4, 0.5) is 0 Å². The van der Waals surface area contributed by atoms with Crippen LogP contribution >= 0.6 is 0 Å². The minimum atomic E-state index is -0.490. The van der Waals surface area contributed by atoms with Crippen LogP contribution in [0.1, 0.15) is 16.3 Å². The first kappa shape index (κ1) is 13.2. The molecule has 3 aromatic rings. The molecular weight excluding hydrogens is 264 g/mol. The molecule has 0 fully saturated rings. The molecule has 0 N–H and O–H groups in total. The SMILES string of the molecule is Cc1ccc(C(=O)Oc2ccc(-c3ccccc3)cc2)o1. The van der Waals surface area contributed by atoms with E-state index in [2.05, 4.69) is 0 Å². The molecule has 0 unspecified atom stereocenters. The summed E-state index contributed by atoms with van der Waals surface area (Å²) < 4.78 is 10.5. The van der Waals surface area contributed by atoms with Crippen molar-refractivity contribution in [1.29, 1.82) is 0 Å². The van der Waals surface area contributed by atoms with Crippen molar-refractivity contribution < 1.29 is 13.9 Å². The minimum Gasteiger partial charge on any atom is -0.454 e. The van der Waals surface area contributed by atoms with E-state index in [-0.39, 0.29) is 5.76 Å². The Bertz CT molecular complexity index is 740. The number of aryl methyl sites for hydroxylation is 1. The topological polar surface area (TPSA) is 39.4 Å². The average molecular weight is 278 g/mol. The molecule has 0 radical (unpaired) electrons. The van der Waals surface area contributed by atoms with Gasteiger partial charge in [0, 0.05) is 0 Å². The number of hydrogen-bond donors (Lipinski definition) is 0. The second-order valence-electron chi connectivity index (χ2n) is 4.69. The van der Waals surface area contributed by atoms with Gasteiger partial charge in [0.2, 0.25) is 5.76 Å². The Kier molecular flexibility index (Phi) is 3.56. The number of ether oxygens (including phenoxy) is 1. The molecule has 0 aliphatic rings. The number of furan rings is 1. The standard InChI is InChI=1S/C18H14O3/c1-13-7-12-17(20-13)18(19)21-16-10-8-15(9-11-16)14-5-3-2-4-6-14/h2-12H,1H3. The Hall–Kier alpha value is -2.81. The lowest BCUT2D eigenvalue weighted by atomic mass is 10.1. The predicted octanol–water partition coefficient (Wildman–Crippen LogP) is 4.47. The van der Waals surface area contributed by atoms with E-state index in [0.29, 0.717) is 11.5 Å². The molecule has 3 heteroatoms. The van der Waals surface area contributed by atoms with Crippen molar-refractivity contribution in [3.63, 3.8) is 0 Å². The van der Waals surface area contributed by atoms with Crippen LogP contribution in [0, 0.1) is 6.92 Å². The molecule has 0 saturated carbocycles. The molecule has 1 aromatic heterocycles. The van der Waals surface area contributed by atoms with Crippen molar-refractivity contribution in [3.8, 4) is 16.9 Å². The predicted molar refractivity (Wildman–Crippen MR) is 80.3 cm³/mol. The maximum atomic E-state index is 11.9. The van der Waals surface area contributed by atoms with Gasteiger partial charge in [0.25, 0.3) is 0 Å². The van der Waals surface area contributed by atoms with E-state index >= 15 is 0 Å². The summed E-state index contributed by atoms with van der Waals surface area (Å²) in [6, 6.07) is 20.8. The second-order valence-corrected chi connectivity index (χ2v) is 4.69. The van der Waals surface area contributed by atoms with E-state index in [0.717, 1.165) is 11.1 Å². The normalized spacial score (nSPS) is 10.3. The molecule has 0 saturated heterocycles. The number of rotatable bonds is 3. The largest absolute Gasteiger partial charge is 0.454 e. The van der Waals surface area contributed by atoms with Gasteiger partial charge in [-0.1, -0.05) is 42.5 Å². The lowest BCUT2D eigenvalue weighted by Gasteiger charge is -2.04. The lowest BCUT2D eigenvalue weighted by Crippen LogP contribution is -2.06. The molecule has 2 aromatic carbocycles. The third-order valence-corrected chi connectivity index (χ3v) is 3.11. The highest BCUT2D eigenvalue weighted by Gasteiger charge is 2.12. The van der Waals surface area contributed by atoms with E-state index in [1.54, 1.807) is 31.2 Å². The van der Waals surface area contributed by atoms with Gasteiger partial charge in [-0.25, -0.2) is 4.79 Å². The van der Waals surface area contributed by atoms with Gasteiger partial charge in [-0.15, -0.1) is 0 Å². The quantitative estimate of drug-likeness (QED) is 0.524. The van der Waals surface area contributed by atoms with Crippen molar-refractivity contribution >= 4 is 5.97 Å². The fraction of sp³-hybridized carbons (Fsp3) is 0.0556. The van der Waals surface area contributed by atoms with Gasteiger partial charge in [0.05, 0.1) is 0 Å². The van der Waals surface area contributed by atoms with Crippen LogP contribution in [0.15, 0.2) is 71.1 Å². The molecular formula is C18H14O3. The summed E-state index contributed by atoms with van der Waals surface area (Å²) in [5, 5.41) is 0. The summed E-state index contributed by atoms with van der Waals surface area (Å²) >= 11 is 0. The molecule has 0 bridgehead atoms. The van der Waals surface area contributed by atoms with Crippen LogP contribution in [0.2, 0.25) is 0 Å². The first-order chi connectivity index (χ1) is 10.2. The first-order valence-corrected chi connectivity index (χ1v) is 6.66. The van der Waals surface area contributed by atoms with E-state index in [4.69, 9.17) is 9.15 Å². The molecule has 0 aliphatic heterocycles. The number of carbonyl (C=O) groups is 1. The van der Waals surface area contributed by atoms with Gasteiger partial charge in [-0.05, 0) is 42.3 Å². The zero-order chi connectivity index (χ0) is 14.7. The van der Waals surface area contributed by atoms with Crippen LogP contribution in [0.5, 0.6) is 5.75 Å². The molecule has 0 aliphatic carbocycles. The smallest absolute Gasteiger partial charge is 0.379 e. The van der Waals surface area contributed by atoms with Gasteiger partial charge in [-0.2, -0.15) is 0 Å². The number of hydrogen-bond acceptors (Lipinski definition) is 3. The van der Waals surface area contributed by atoms with E-state index in [9.17, 15) is 4.79 Å². The van der Waals surface area contributed by atoms with Crippen molar-refractivity contribution in [1.82, 2.24) is 0 Å². The molecule has 21 heavy (non-hydrogen) atoms. The third-order valence-electron chi connectivity index (χ3n) is 3.11. The number of carbonyl (C=O) groups excluding carboxylic acids is 1. The summed E-state index contributed by atoms with van der Waals surface area (Å²) in [5.41, 5.74) is 2.20. The van der Waals surface area contributed by atoms with Crippen molar-refractivity contribution in [2.45, 2.75) is 6.92 Å². The van der Waals surface area contributed by atoms with Gasteiger partial charge in [0.15, 0.2) is 0 Å². The van der Waals surface area contributed by atoms with E-state index < -0.39 is 5.97 Å². The Balaban J connectivity index is 1.74. The Morgan fingerprint density at radius 1 is 0.857 bits per heavy atom. The highest BCUT2D eigenvalue weighted by molar-refractivity contribution is 5.88. The average Bonchev–Trinajstić information content (AvgIpc) is 2.96. The summed E-state index contributed by atoms with van der Waals surface area (Å²) in [7, 11) is 0. The molecule has 3 rings (SSSR count). The summed E-state index contributed by atoms with van der Waals surface area (Å²) in [6.45, 7) is 1.78. The maximum Gasteiger partial charge on any atom is 0.379 e. The molecule has 1 heterocycles. The minimum absolute atomic E-state index is 0.208. The van der Waals surface area contributed by atoms with E-state index in [1.807, 2.05) is 42.5 Å². The van der Waals surface area contributed by atoms with Crippen LogP contribution in [-0.2, 0) is 0 Å². The molecule has 0 amide bonds. The zero-order valence-electron chi connectivity index (χ0n) is 11.6. The maximum absolute atomic E-state index is 11.9. The molecule has 0 spiro atoms. The molecule has 3 nitrogen and oxygen atoms in total. The lowest BCUT2D eigenvalue weighted by molar-refractivity contribution is 0.0700. The Labute approximate surface area is 122 Å². The van der Waals surface area contributed by atoms with Gasteiger partial charge in [0.1, 0.15) is 11.5 Å². The molecule has 104 valence electrons. The van der Waals surface area contributed by atoms with Gasteiger partial charge in [-0.3, -0.25) is 0 Å². The van der Waals surface area contributed by atoms with Gasteiger partial charge >= 0.3 is 5.97 Å². The third kappa shape index (κ3) is 3.03. The first-order valence-electron chi connectivity index (χ1n) is 6.66. The Morgan fingerprint density at radius 3 is 2.14 bits per heavy atom. The van der Waals surface area contributed by atoms with Crippen molar-refractivity contribution in [3.05, 3.63) is 78.3 Å². The second kappa shape index (κ2) is 5.67. The zero-order valence-corrected chi connectivity index (χ0v) is 11.6. The summed E-state index contributed by atoms with van der Waals surface area (Å²) in [5.74, 6) is 0.894. The summed E-state index contributed by atoms with van der Waals surface area (Å²) in [4.78, 5) is 11.9.